The van der Waals surface area contributed by atoms with E-state index in [1.54, 1.807) is 0 Å². The van der Waals surface area contributed by atoms with Crippen LogP contribution < -0.4 is 0 Å². The maximum absolute atomic E-state index is 0. The van der Waals surface area contributed by atoms with E-state index in [2.05, 4.69) is 0 Å². The monoisotopic (exact) mass is 308 g/mol. The van der Waals surface area contributed by atoms with Crippen LogP contribution >= 0.6 is 0 Å². The molecule has 28 valence electrons. The van der Waals surface area contributed by atoms with Crippen molar-refractivity contribution in [1.82, 2.24) is 0 Å². The molecule has 0 radical (unpaired) electrons. The number of hydrogen-bond acceptors (Lipinski definition) is 0. The predicted molar refractivity (Wildman–Crippen MR) is 9.94 cm³/mol. The maximum Gasteiger partial charge on any atom is 0.0814 e. The maximum atomic E-state index is 0. The molecule has 0 N–H and O–H groups in total. The van der Waals surface area contributed by atoms with Crippen molar-refractivity contribution in [2.45, 2.75) is 0 Å². The van der Waals surface area contributed by atoms with E-state index in [0.717, 1.165) is 0 Å². The molecule has 0 nitrogen and oxygen atoms in total. The van der Waals surface area contributed by atoms with Gasteiger partial charge in [-0.25, -0.2) is 0 Å². The first-order valence-electron chi connectivity index (χ1n) is 0. The average Bonchev–Trinajstić information content (AvgIpc) is 0. The average molecular weight is 308 g/mol. The molecule has 0 fully saturated rings. The third-order valence-corrected chi connectivity index (χ3v) is 0. The van der Waals surface area contributed by atoms with Gasteiger partial charge in [0.05, 0.1) is 8.41 Å². The van der Waals surface area contributed by atoms with Crippen LogP contribution in [0.3, 0.4) is 0 Å². The fraction of sp³-hybridized carbons (Fsp3) is 0. The summed E-state index contributed by atoms with van der Waals surface area (Å²) in [6.07, 6.45) is 0. The molecule has 0 atom stereocenters. The fourth-order valence-corrected chi connectivity index (χ4v) is 0. The van der Waals surface area contributed by atoms with Crippen LogP contribution in [0.25, 0.3) is 0 Å². The molecule has 0 aromatic rings. The van der Waals surface area contributed by atoms with E-state index < -0.39 is 0 Å². The summed E-state index contributed by atoms with van der Waals surface area (Å²) in [5, 5.41) is 0. The van der Waals surface area contributed by atoms with Crippen molar-refractivity contribution in [1.29, 1.82) is 0 Å². The first-order chi connectivity index (χ1) is 0. The molecule has 0 bridgehead atoms. The van der Waals surface area contributed by atoms with Crippen molar-refractivity contribution >= 4 is 8.41 Å². The van der Waals surface area contributed by atoms with Crippen LogP contribution in [-0.4, -0.2) is 8.41 Å². The SMILES string of the molecule is B.[Cr].[Ni].[W]. The van der Waals surface area contributed by atoms with Crippen LogP contribution in [0.4, 0.5) is 0 Å². The summed E-state index contributed by atoms with van der Waals surface area (Å²) in [5.74, 6) is 0. The Morgan fingerprint density at radius 1 is 1.00 bits per heavy atom. The first kappa shape index (κ1) is 41.7. The Balaban J connectivity index is 0. The zero-order valence-electron chi connectivity index (χ0n) is 1.13. The minimum Gasteiger partial charge on any atom is 0 e. The van der Waals surface area contributed by atoms with Crippen molar-refractivity contribution < 1.29 is 54.9 Å². The quantitative estimate of drug-likeness (QED) is 0.494. The summed E-state index contributed by atoms with van der Waals surface area (Å²) in [6, 6.07) is 0. The molecule has 0 rings (SSSR count). The van der Waals surface area contributed by atoms with Gasteiger partial charge in [0.1, 0.15) is 0 Å². The Labute approximate surface area is 63.0 Å². The molecule has 0 unspecified atom stereocenters. The Morgan fingerprint density at radius 3 is 1.00 bits per heavy atom. The van der Waals surface area contributed by atoms with Crippen LogP contribution in [0.15, 0.2) is 0 Å². The van der Waals surface area contributed by atoms with E-state index >= 15 is 0 Å². The van der Waals surface area contributed by atoms with E-state index in [1.807, 2.05) is 0 Å². The zero-order chi connectivity index (χ0) is 0. The number of rotatable bonds is 0. The first-order valence-corrected chi connectivity index (χ1v) is 0. The van der Waals surface area contributed by atoms with Gasteiger partial charge >= 0.3 is 0 Å². The molecule has 0 saturated heterocycles. The van der Waals surface area contributed by atoms with Crippen molar-refractivity contribution in [2.75, 3.05) is 0 Å². The van der Waals surface area contributed by atoms with Crippen molar-refractivity contribution in [3.63, 3.8) is 0 Å². The number of hydrogen-bond donors (Lipinski definition) is 0. The van der Waals surface area contributed by atoms with Gasteiger partial charge in [-0.1, -0.05) is 0 Å². The molecule has 4 heavy (non-hydrogen) atoms. The molecule has 0 aliphatic heterocycles. The van der Waals surface area contributed by atoms with E-state index in [0.29, 0.717) is 0 Å². The Morgan fingerprint density at radius 2 is 1.00 bits per heavy atom. The summed E-state index contributed by atoms with van der Waals surface area (Å²) >= 11 is 0. The molecule has 0 aliphatic rings. The fourth-order valence-electron chi connectivity index (χ4n) is 0. The van der Waals surface area contributed by atoms with Gasteiger partial charge in [0.25, 0.3) is 0 Å². The summed E-state index contributed by atoms with van der Waals surface area (Å²) in [5.41, 5.74) is 0. The van der Waals surface area contributed by atoms with Gasteiger partial charge in [0.2, 0.25) is 0 Å². The summed E-state index contributed by atoms with van der Waals surface area (Å²) in [7, 11) is 0. The normalized spacial score (nSPS) is 0. The Hall–Kier alpha value is 1.78. The van der Waals surface area contributed by atoms with Gasteiger partial charge in [-0.15, -0.1) is 0 Å². The van der Waals surface area contributed by atoms with Crippen LogP contribution in [0.1, 0.15) is 0 Å². The molecule has 0 aromatic carbocycles. The van der Waals surface area contributed by atoms with E-state index in [9.17, 15) is 0 Å². The molecule has 0 heterocycles. The molecule has 0 aliphatic carbocycles. The molecular formula is H3BCrNiW. The predicted octanol–water partition coefficient (Wildman–Crippen LogP) is -1.19. The molecular weight excluding hydrogens is 305 g/mol. The van der Waals surface area contributed by atoms with E-state index in [4.69, 9.17) is 0 Å². The standard InChI is InChI=1S/BH3.Cr.Ni.W/h1H3;;;. The second kappa shape index (κ2) is 21.6. The van der Waals surface area contributed by atoms with Crippen LogP contribution in [-0.2, 0) is 54.9 Å². The second-order valence-electron chi connectivity index (χ2n) is 0. The topological polar surface area (TPSA) is 0 Å². The molecule has 4 heteroatoms. The van der Waals surface area contributed by atoms with Gasteiger partial charge in [-0.2, -0.15) is 0 Å². The summed E-state index contributed by atoms with van der Waals surface area (Å²) in [4.78, 5) is 0. The molecule has 0 aromatic heterocycles. The minimum absolute atomic E-state index is 0. The van der Waals surface area contributed by atoms with Gasteiger partial charge in [0, 0.05) is 54.9 Å². The largest absolute Gasteiger partial charge is 0.0814 e. The Bertz CT molecular complexity index is 8.00. The van der Waals surface area contributed by atoms with Gasteiger partial charge in [-0.3, -0.25) is 0 Å². The van der Waals surface area contributed by atoms with E-state index in [1.165, 1.54) is 0 Å². The molecule has 0 spiro atoms. The van der Waals surface area contributed by atoms with E-state index in [-0.39, 0.29) is 63.3 Å². The third kappa shape index (κ3) is 9.22. The van der Waals surface area contributed by atoms with Crippen LogP contribution in [0.5, 0.6) is 0 Å². The zero-order valence-corrected chi connectivity index (χ0v) is 6.33. The second-order valence-corrected chi connectivity index (χ2v) is 0. The van der Waals surface area contributed by atoms with Crippen LogP contribution in [0.2, 0.25) is 0 Å². The summed E-state index contributed by atoms with van der Waals surface area (Å²) in [6.45, 7) is 0. The smallest absolute Gasteiger partial charge is 0 e. The van der Waals surface area contributed by atoms with Gasteiger partial charge < -0.3 is 0 Å². The van der Waals surface area contributed by atoms with Crippen molar-refractivity contribution in [3.05, 3.63) is 0 Å². The van der Waals surface area contributed by atoms with Crippen LogP contribution in [0, 0.1) is 0 Å². The van der Waals surface area contributed by atoms with Gasteiger partial charge in [-0.05, 0) is 0 Å². The minimum atomic E-state index is 0. The molecule has 0 saturated carbocycles. The molecule has 0 amide bonds. The van der Waals surface area contributed by atoms with Gasteiger partial charge in [0.15, 0.2) is 0 Å². The van der Waals surface area contributed by atoms with Crippen molar-refractivity contribution in [2.24, 2.45) is 0 Å². The Kier molecular flexibility index (Phi) is 225. The third-order valence-electron chi connectivity index (χ3n) is 0. The summed E-state index contributed by atoms with van der Waals surface area (Å²) < 4.78 is 0. The van der Waals surface area contributed by atoms with Crippen molar-refractivity contribution in [3.8, 4) is 0 Å².